The average Bonchev–Trinajstić information content (AvgIpc) is 2.64. The lowest BCUT2D eigenvalue weighted by molar-refractivity contribution is 0.117. The van der Waals surface area contributed by atoms with Crippen LogP contribution in [0.4, 0.5) is 0 Å². The normalized spacial score (nSPS) is 15.5. The van der Waals surface area contributed by atoms with E-state index in [-0.39, 0.29) is 12.1 Å². The van der Waals surface area contributed by atoms with Crippen molar-refractivity contribution in [2.75, 3.05) is 0 Å². The number of fused-ring (bicyclic) bond motifs is 3. The SMILES string of the molecule is CCC(N)C(CC)NC(O)c1cccc2ccc3ccccc3c12. The molecule has 0 amide bonds. The van der Waals surface area contributed by atoms with Crippen LogP contribution in [-0.2, 0) is 0 Å². The molecule has 3 rings (SSSR count). The average molecular weight is 322 g/mol. The summed E-state index contributed by atoms with van der Waals surface area (Å²) in [6.45, 7) is 4.17. The smallest absolute Gasteiger partial charge is 0.131 e. The summed E-state index contributed by atoms with van der Waals surface area (Å²) in [7, 11) is 0. The lowest BCUT2D eigenvalue weighted by atomic mass is 9.96. The van der Waals surface area contributed by atoms with E-state index >= 15 is 0 Å². The maximum atomic E-state index is 10.9. The van der Waals surface area contributed by atoms with Crippen molar-refractivity contribution in [3.05, 3.63) is 60.2 Å². The molecule has 0 fully saturated rings. The molecule has 0 aliphatic carbocycles. The van der Waals surface area contributed by atoms with E-state index in [1.54, 1.807) is 0 Å². The van der Waals surface area contributed by atoms with Gasteiger partial charge in [0, 0.05) is 17.6 Å². The summed E-state index contributed by atoms with van der Waals surface area (Å²) in [6, 6.07) is 18.8. The highest BCUT2D eigenvalue weighted by atomic mass is 16.3. The number of hydrogen-bond acceptors (Lipinski definition) is 3. The van der Waals surface area contributed by atoms with Crippen LogP contribution >= 0.6 is 0 Å². The Kier molecular flexibility index (Phi) is 5.14. The van der Waals surface area contributed by atoms with Gasteiger partial charge in [-0.3, -0.25) is 5.32 Å². The predicted molar refractivity (Wildman–Crippen MR) is 102 cm³/mol. The standard InChI is InChI=1S/C21H26N2O/c1-3-18(22)19(4-2)23-21(24)17-11-7-9-15-13-12-14-8-5-6-10-16(14)20(15)17/h5-13,18-19,21,23-24H,3-4,22H2,1-2H3. The van der Waals surface area contributed by atoms with E-state index < -0.39 is 6.23 Å². The lowest BCUT2D eigenvalue weighted by Gasteiger charge is -2.27. The largest absolute Gasteiger partial charge is 0.374 e. The molecule has 0 bridgehead atoms. The molecule has 3 unspecified atom stereocenters. The summed E-state index contributed by atoms with van der Waals surface area (Å²) in [5, 5.41) is 18.8. The zero-order valence-electron chi connectivity index (χ0n) is 14.4. The summed E-state index contributed by atoms with van der Waals surface area (Å²) >= 11 is 0. The molecule has 0 aromatic heterocycles. The molecule has 0 aliphatic heterocycles. The maximum Gasteiger partial charge on any atom is 0.131 e. The summed E-state index contributed by atoms with van der Waals surface area (Å²) < 4.78 is 0. The van der Waals surface area contributed by atoms with Gasteiger partial charge in [-0.25, -0.2) is 0 Å². The minimum atomic E-state index is -0.734. The first-order valence-corrected chi connectivity index (χ1v) is 8.75. The molecule has 3 aromatic rings. The van der Waals surface area contributed by atoms with Crippen LogP contribution in [-0.4, -0.2) is 17.2 Å². The van der Waals surface area contributed by atoms with Gasteiger partial charge >= 0.3 is 0 Å². The maximum absolute atomic E-state index is 10.9. The fourth-order valence-electron chi connectivity index (χ4n) is 3.44. The van der Waals surface area contributed by atoms with Crippen LogP contribution < -0.4 is 11.1 Å². The second-order valence-electron chi connectivity index (χ2n) is 6.39. The molecular formula is C21H26N2O. The number of nitrogens with two attached hydrogens (primary N) is 1. The van der Waals surface area contributed by atoms with E-state index in [2.05, 4.69) is 49.5 Å². The third-order valence-electron chi connectivity index (χ3n) is 4.90. The van der Waals surface area contributed by atoms with Crippen LogP contribution in [0.1, 0.15) is 38.5 Å². The molecule has 0 spiro atoms. The Balaban J connectivity index is 2.07. The van der Waals surface area contributed by atoms with E-state index in [1.165, 1.54) is 10.8 Å². The fraction of sp³-hybridized carbons (Fsp3) is 0.333. The second-order valence-corrected chi connectivity index (χ2v) is 6.39. The molecule has 0 aliphatic rings. The van der Waals surface area contributed by atoms with Gasteiger partial charge in [0.1, 0.15) is 6.23 Å². The van der Waals surface area contributed by atoms with Crippen molar-refractivity contribution in [3.8, 4) is 0 Å². The summed E-state index contributed by atoms with van der Waals surface area (Å²) in [5.74, 6) is 0. The van der Waals surface area contributed by atoms with Crippen LogP contribution in [0.2, 0.25) is 0 Å². The van der Waals surface area contributed by atoms with Gasteiger partial charge in [-0.2, -0.15) is 0 Å². The highest BCUT2D eigenvalue weighted by molar-refractivity contribution is 6.09. The van der Waals surface area contributed by atoms with Crippen molar-refractivity contribution in [1.82, 2.24) is 5.32 Å². The molecule has 3 aromatic carbocycles. The van der Waals surface area contributed by atoms with Crippen LogP contribution in [0.3, 0.4) is 0 Å². The molecule has 0 saturated carbocycles. The van der Waals surface area contributed by atoms with Crippen LogP contribution in [0, 0.1) is 0 Å². The van der Waals surface area contributed by atoms with E-state index in [0.29, 0.717) is 0 Å². The number of hydrogen-bond donors (Lipinski definition) is 3. The van der Waals surface area contributed by atoms with E-state index in [9.17, 15) is 5.11 Å². The third kappa shape index (κ3) is 3.16. The summed E-state index contributed by atoms with van der Waals surface area (Å²) in [4.78, 5) is 0. The van der Waals surface area contributed by atoms with E-state index in [4.69, 9.17) is 5.73 Å². The van der Waals surface area contributed by atoms with Gasteiger partial charge in [-0.15, -0.1) is 0 Å². The number of aliphatic hydroxyl groups excluding tert-OH is 1. The van der Waals surface area contributed by atoms with Gasteiger partial charge < -0.3 is 10.8 Å². The Morgan fingerprint density at radius 1 is 0.917 bits per heavy atom. The molecule has 3 heteroatoms. The molecule has 4 N–H and O–H groups in total. The quantitative estimate of drug-likeness (QED) is 0.473. The number of nitrogens with one attached hydrogen (secondary N) is 1. The highest BCUT2D eigenvalue weighted by Crippen LogP contribution is 2.31. The van der Waals surface area contributed by atoms with Gasteiger partial charge in [-0.05, 0) is 34.4 Å². The van der Waals surface area contributed by atoms with E-state index in [1.807, 2.05) is 24.3 Å². The molecule has 0 saturated heterocycles. The Labute approximate surface area is 143 Å². The molecule has 24 heavy (non-hydrogen) atoms. The Morgan fingerprint density at radius 2 is 1.62 bits per heavy atom. The number of benzene rings is 3. The van der Waals surface area contributed by atoms with Gasteiger partial charge in [0.15, 0.2) is 0 Å². The van der Waals surface area contributed by atoms with Gasteiger partial charge in [0.25, 0.3) is 0 Å². The Bertz CT molecular complexity index is 830. The topological polar surface area (TPSA) is 58.3 Å². The molecule has 3 nitrogen and oxygen atoms in total. The molecule has 0 radical (unpaired) electrons. The second kappa shape index (κ2) is 7.31. The zero-order chi connectivity index (χ0) is 17.1. The molecular weight excluding hydrogens is 296 g/mol. The van der Waals surface area contributed by atoms with Crippen molar-refractivity contribution in [2.24, 2.45) is 5.73 Å². The fourth-order valence-corrected chi connectivity index (χ4v) is 3.44. The number of aliphatic hydroxyl groups is 1. The highest BCUT2D eigenvalue weighted by Gasteiger charge is 2.20. The van der Waals surface area contributed by atoms with Crippen LogP contribution in [0.5, 0.6) is 0 Å². The van der Waals surface area contributed by atoms with Gasteiger partial charge in [0.05, 0.1) is 0 Å². The first-order chi connectivity index (χ1) is 11.7. The Morgan fingerprint density at radius 3 is 2.38 bits per heavy atom. The molecule has 3 atom stereocenters. The lowest BCUT2D eigenvalue weighted by Crippen LogP contribution is -2.45. The molecule has 126 valence electrons. The zero-order valence-corrected chi connectivity index (χ0v) is 14.4. The Hall–Kier alpha value is -1.94. The minimum Gasteiger partial charge on any atom is -0.374 e. The van der Waals surface area contributed by atoms with Crippen molar-refractivity contribution in [2.45, 2.75) is 45.0 Å². The minimum absolute atomic E-state index is 0.0383. The summed E-state index contributed by atoms with van der Waals surface area (Å²) in [5.41, 5.74) is 7.09. The monoisotopic (exact) mass is 322 g/mol. The molecule has 0 heterocycles. The summed E-state index contributed by atoms with van der Waals surface area (Å²) in [6.07, 6.45) is 1.04. The third-order valence-corrected chi connectivity index (χ3v) is 4.90. The van der Waals surface area contributed by atoms with Crippen LogP contribution in [0.25, 0.3) is 21.5 Å². The van der Waals surface area contributed by atoms with Gasteiger partial charge in [-0.1, -0.05) is 68.4 Å². The van der Waals surface area contributed by atoms with Gasteiger partial charge in [0.2, 0.25) is 0 Å². The van der Waals surface area contributed by atoms with Crippen molar-refractivity contribution >= 4 is 21.5 Å². The first kappa shape index (κ1) is 16.9. The van der Waals surface area contributed by atoms with Crippen molar-refractivity contribution in [3.63, 3.8) is 0 Å². The number of rotatable bonds is 6. The van der Waals surface area contributed by atoms with Crippen LogP contribution in [0.15, 0.2) is 54.6 Å². The van der Waals surface area contributed by atoms with Crippen molar-refractivity contribution in [1.29, 1.82) is 0 Å². The van der Waals surface area contributed by atoms with Crippen molar-refractivity contribution < 1.29 is 5.11 Å². The first-order valence-electron chi connectivity index (χ1n) is 8.75. The predicted octanol–water partition coefficient (Wildman–Crippen LogP) is 4.09. The van der Waals surface area contributed by atoms with E-state index in [0.717, 1.165) is 29.2 Å².